The number of oxime groups is 1. The number of aromatic nitrogens is 1. The molecule has 1 heterocycles. The van der Waals surface area contributed by atoms with Crippen LogP contribution >= 0.6 is 11.3 Å². The highest BCUT2D eigenvalue weighted by atomic mass is 32.1. The van der Waals surface area contributed by atoms with Gasteiger partial charge in [0, 0.05) is 56.3 Å². The molecular formula is C30H42N4O5S. The lowest BCUT2D eigenvalue weighted by atomic mass is 10.1. The summed E-state index contributed by atoms with van der Waals surface area (Å²) in [4.78, 5) is 8.48. The fraction of sp³-hybridized carbons (Fsp3) is 0.467. The van der Waals surface area contributed by atoms with Crippen molar-refractivity contribution in [1.29, 1.82) is 0 Å². The summed E-state index contributed by atoms with van der Waals surface area (Å²) >= 11 is 1.75. The fourth-order valence-corrected chi connectivity index (χ4v) is 5.12. The highest BCUT2D eigenvalue weighted by molar-refractivity contribution is 7.12. The third kappa shape index (κ3) is 9.78. The molecular weight excluding hydrogens is 528 g/mol. The van der Waals surface area contributed by atoms with Crippen LogP contribution in [-0.2, 0) is 15.9 Å². The highest BCUT2D eigenvalue weighted by Crippen LogP contribution is 2.30. The monoisotopic (exact) mass is 570 g/mol. The van der Waals surface area contributed by atoms with E-state index in [4.69, 9.17) is 34.9 Å². The molecule has 0 fully saturated rings. The Bertz CT molecular complexity index is 1160. The molecule has 3 N–H and O–H groups in total. The Morgan fingerprint density at radius 2 is 1.57 bits per heavy atom. The average molecular weight is 571 g/mol. The number of amidine groups is 1. The van der Waals surface area contributed by atoms with E-state index in [2.05, 4.69) is 36.0 Å². The number of methoxy groups -OCH3 is 2. The number of hydrogen-bond donors (Lipinski definition) is 2. The van der Waals surface area contributed by atoms with Crippen LogP contribution in [0.1, 0.15) is 41.6 Å². The van der Waals surface area contributed by atoms with E-state index in [-0.39, 0.29) is 5.84 Å². The van der Waals surface area contributed by atoms with Gasteiger partial charge >= 0.3 is 0 Å². The van der Waals surface area contributed by atoms with Gasteiger partial charge in [-0.3, -0.25) is 4.90 Å². The summed E-state index contributed by atoms with van der Waals surface area (Å²) in [5, 5.41) is 13.0. The summed E-state index contributed by atoms with van der Waals surface area (Å²) in [6, 6.07) is 15.1. The number of nitrogens with two attached hydrogens (primary N) is 1. The van der Waals surface area contributed by atoms with Crippen molar-refractivity contribution < 1.29 is 24.2 Å². The molecule has 0 aliphatic carbocycles. The second-order valence-corrected chi connectivity index (χ2v) is 10.7. The first-order valence-electron chi connectivity index (χ1n) is 13.7. The second-order valence-electron chi connectivity index (χ2n) is 9.42. The Morgan fingerprint density at radius 3 is 2.12 bits per heavy atom. The molecule has 2 aromatic carbocycles. The largest absolute Gasteiger partial charge is 0.455 e. The molecule has 0 spiro atoms. The van der Waals surface area contributed by atoms with E-state index in [1.165, 1.54) is 4.88 Å². The van der Waals surface area contributed by atoms with E-state index in [1.54, 1.807) is 49.8 Å². The van der Waals surface area contributed by atoms with E-state index in [1.807, 2.05) is 12.1 Å². The van der Waals surface area contributed by atoms with Crippen LogP contribution in [0.4, 0.5) is 0 Å². The summed E-state index contributed by atoms with van der Waals surface area (Å²) in [7, 11) is 3.46. The molecule has 9 nitrogen and oxygen atoms in total. The molecule has 1 unspecified atom stereocenters. The summed E-state index contributed by atoms with van der Waals surface area (Å²) in [6.07, 6.45) is 3.22. The van der Waals surface area contributed by atoms with Crippen molar-refractivity contribution in [3.63, 3.8) is 0 Å². The molecule has 218 valence electrons. The topological polar surface area (TPSA) is 112 Å². The molecule has 0 radical (unpaired) electrons. The second kappa shape index (κ2) is 16.8. The Balaban J connectivity index is 1.68. The lowest BCUT2D eigenvalue weighted by molar-refractivity contribution is -0.00211. The molecule has 40 heavy (non-hydrogen) atoms. The van der Waals surface area contributed by atoms with Crippen molar-refractivity contribution in [3.8, 4) is 22.8 Å². The van der Waals surface area contributed by atoms with E-state index in [0.29, 0.717) is 24.5 Å². The minimum absolute atomic E-state index is 0.0541. The van der Waals surface area contributed by atoms with Gasteiger partial charge in [0.15, 0.2) is 5.84 Å². The molecule has 0 amide bonds. The number of unbranched alkanes of at least 4 members (excludes halogenated alkanes) is 1. The van der Waals surface area contributed by atoms with Crippen molar-refractivity contribution in [3.05, 3.63) is 64.0 Å². The summed E-state index contributed by atoms with van der Waals surface area (Å²) in [5.41, 5.74) is 8.37. The number of aryl methyl sites for hydroxylation is 1. The molecule has 3 aromatic rings. The zero-order valence-electron chi connectivity index (χ0n) is 24.0. The number of benzene rings is 2. The van der Waals surface area contributed by atoms with Crippen molar-refractivity contribution in [1.82, 2.24) is 9.88 Å². The summed E-state index contributed by atoms with van der Waals surface area (Å²) in [6.45, 7) is 8.24. The van der Waals surface area contributed by atoms with Gasteiger partial charge in [-0.05, 0) is 68.3 Å². The molecule has 0 saturated heterocycles. The Morgan fingerprint density at radius 1 is 0.975 bits per heavy atom. The van der Waals surface area contributed by atoms with Crippen LogP contribution in [0.2, 0.25) is 0 Å². The normalized spacial score (nSPS) is 12.6. The van der Waals surface area contributed by atoms with Crippen LogP contribution in [0.25, 0.3) is 11.3 Å². The molecule has 3 rings (SSSR count). The summed E-state index contributed by atoms with van der Waals surface area (Å²) < 4.78 is 22.9. The number of rotatable bonds is 18. The minimum Gasteiger partial charge on any atom is -0.455 e. The van der Waals surface area contributed by atoms with Gasteiger partial charge in [-0.1, -0.05) is 18.5 Å². The maximum Gasteiger partial charge on any atom is 0.241 e. The highest BCUT2D eigenvalue weighted by Gasteiger charge is 2.16. The quantitative estimate of drug-likeness (QED) is 0.0695. The first kappa shape index (κ1) is 31.3. The van der Waals surface area contributed by atoms with Gasteiger partial charge in [0.25, 0.3) is 0 Å². The first-order chi connectivity index (χ1) is 19.5. The maximum absolute atomic E-state index is 8.88. The van der Waals surface area contributed by atoms with Crippen molar-refractivity contribution in [2.24, 2.45) is 10.9 Å². The van der Waals surface area contributed by atoms with E-state index < -0.39 is 6.29 Å². The molecule has 1 atom stereocenters. The van der Waals surface area contributed by atoms with Crippen LogP contribution < -0.4 is 15.2 Å². The van der Waals surface area contributed by atoms with Gasteiger partial charge in [-0.2, -0.15) is 0 Å². The van der Waals surface area contributed by atoms with Crippen LogP contribution in [0.5, 0.6) is 11.5 Å². The molecule has 0 bridgehead atoms. The van der Waals surface area contributed by atoms with Crippen LogP contribution in [0, 0.1) is 6.92 Å². The molecule has 1 aromatic heterocycles. The predicted molar refractivity (Wildman–Crippen MR) is 160 cm³/mol. The number of thiazole rings is 1. The Kier molecular flexibility index (Phi) is 13.2. The van der Waals surface area contributed by atoms with Gasteiger partial charge in [0.2, 0.25) is 6.29 Å². The van der Waals surface area contributed by atoms with E-state index >= 15 is 0 Å². The standard InChI is InChI=1S/C30H42N4O5S/c1-5-6-7-28(39-26-14-10-24(11-15-26)30(31)33-35)38-25-12-8-23(9-13-25)29-27(40-22(2)32-29)16-17-34(18-20-36-3)19-21-37-4/h8-15,28,35H,5-7,16-21H2,1-4H3,(H2,31,33). The third-order valence-corrected chi connectivity index (χ3v) is 7.43. The maximum atomic E-state index is 8.88. The van der Waals surface area contributed by atoms with E-state index in [0.717, 1.165) is 67.3 Å². The third-order valence-electron chi connectivity index (χ3n) is 6.40. The van der Waals surface area contributed by atoms with Gasteiger partial charge in [0.1, 0.15) is 11.5 Å². The fourth-order valence-electron chi connectivity index (χ4n) is 4.17. The van der Waals surface area contributed by atoms with Crippen molar-refractivity contribution >= 4 is 17.2 Å². The average Bonchev–Trinajstić information content (AvgIpc) is 3.36. The molecule has 0 aliphatic heterocycles. The Hall–Kier alpha value is -3.18. The predicted octanol–water partition coefficient (Wildman–Crippen LogP) is 5.32. The van der Waals surface area contributed by atoms with Crippen LogP contribution in [0.15, 0.2) is 53.7 Å². The Labute approximate surface area is 241 Å². The zero-order valence-corrected chi connectivity index (χ0v) is 24.8. The zero-order chi connectivity index (χ0) is 28.7. The number of nitrogens with zero attached hydrogens (tertiary/aromatic N) is 3. The van der Waals surface area contributed by atoms with Gasteiger partial charge in [0.05, 0.1) is 23.9 Å². The first-order valence-corrected chi connectivity index (χ1v) is 14.5. The SMILES string of the molecule is CCCCC(Oc1ccc(C(N)=NO)cc1)Oc1ccc(-c2nc(C)sc2CCN(CCOC)CCOC)cc1. The van der Waals surface area contributed by atoms with Gasteiger partial charge in [-0.25, -0.2) is 4.98 Å². The van der Waals surface area contributed by atoms with E-state index in [9.17, 15) is 0 Å². The van der Waals surface area contributed by atoms with Crippen LogP contribution in [-0.4, -0.2) is 74.3 Å². The molecule has 10 heteroatoms. The molecule has 0 saturated carbocycles. The van der Waals surface area contributed by atoms with Gasteiger partial charge in [-0.15, -0.1) is 11.3 Å². The van der Waals surface area contributed by atoms with Crippen molar-refractivity contribution in [2.75, 3.05) is 47.1 Å². The lowest BCUT2D eigenvalue weighted by Gasteiger charge is -2.21. The lowest BCUT2D eigenvalue weighted by Crippen LogP contribution is -2.32. The molecule has 0 aliphatic rings. The minimum atomic E-state index is -0.442. The van der Waals surface area contributed by atoms with Crippen molar-refractivity contribution in [2.45, 2.75) is 45.8 Å². The number of hydrogen-bond acceptors (Lipinski definition) is 9. The smallest absolute Gasteiger partial charge is 0.241 e. The van der Waals surface area contributed by atoms with Gasteiger partial charge < -0.3 is 29.9 Å². The van der Waals surface area contributed by atoms with Crippen LogP contribution in [0.3, 0.4) is 0 Å². The summed E-state index contributed by atoms with van der Waals surface area (Å²) in [5.74, 6) is 1.44. The number of ether oxygens (including phenoxy) is 4.